The van der Waals surface area contributed by atoms with Gasteiger partial charge in [0, 0.05) is 18.3 Å². The SMILES string of the molecule is Cc1cccc(C)c1NC(=S)N(Cc1ccc2c(c1)OCO2)C1CCN(C)CC1. The average Bonchev–Trinajstić information content (AvgIpc) is 3.17. The molecular formula is C23H29N3O2S. The maximum absolute atomic E-state index is 5.93. The van der Waals surface area contributed by atoms with Crippen LogP contribution in [-0.2, 0) is 6.54 Å². The number of nitrogens with zero attached hydrogens (tertiary/aromatic N) is 2. The summed E-state index contributed by atoms with van der Waals surface area (Å²) in [6, 6.07) is 12.9. The van der Waals surface area contributed by atoms with Gasteiger partial charge >= 0.3 is 0 Å². The first-order valence-electron chi connectivity index (χ1n) is 10.2. The van der Waals surface area contributed by atoms with Crippen molar-refractivity contribution in [2.75, 3.05) is 32.2 Å². The fourth-order valence-electron chi connectivity index (χ4n) is 4.10. The molecule has 2 aliphatic rings. The van der Waals surface area contributed by atoms with E-state index in [-0.39, 0.29) is 0 Å². The minimum Gasteiger partial charge on any atom is -0.454 e. The van der Waals surface area contributed by atoms with Crippen molar-refractivity contribution < 1.29 is 9.47 Å². The van der Waals surface area contributed by atoms with Crippen LogP contribution in [0.3, 0.4) is 0 Å². The average molecular weight is 412 g/mol. The maximum atomic E-state index is 5.93. The number of hydrogen-bond donors (Lipinski definition) is 1. The molecule has 0 aromatic heterocycles. The van der Waals surface area contributed by atoms with E-state index in [2.05, 4.69) is 66.3 Å². The number of nitrogens with one attached hydrogen (secondary N) is 1. The van der Waals surface area contributed by atoms with E-state index < -0.39 is 0 Å². The zero-order valence-corrected chi connectivity index (χ0v) is 18.2. The van der Waals surface area contributed by atoms with Gasteiger partial charge in [-0.3, -0.25) is 0 Å². The van der Waals surface area contributed by atoms with Crippen LogP contribution in [0, 0.1) is 13.8 Å². The molecule has 0 atom stereocenters. The zero-order valence-electron chi connectivity index (χ0n) is 17.4. The van der Waals surface area contributed by atoms with E-state index in [9.17, 15) is 0 Å². The Balaban J connectivity index is 1.57. The number of benzene rings is 2. The van der Waals surface area contributed by atoms with Gasteiger partial charge in [0.25, 0.3) is 0 Å². The molecule has 0 unspecified atom stereocenters. The second-order valence-electron chi connectivity index (χ2n) is 8.05. The number of para-hydroxylation sites is 1. The molecule has 2 heterocycles. The quantitative estimate of drug-likeness (QED) is 0.755. The summed E-state index contributed by atoms with van der Waals surface area (Å²) in [7, 11) is 2.19. The van der Waals surface area contributed by atoms with Crippen LogP contribution in [0.15, 0.2) is 36.4 Å². The third kappa shape index (κ3) is 4.49. The van der Waals surface area contributed by atoms with E-state index in [4.69, 9.17) is 21.7 Å². The van der Waals surface area contributed by atoms with Crippen molar-refractivity contribution in [3.8, 4) is 11.5 Å². The van der Waals surface area contributed by atoms with E-state index in [1.807, 2.05) is 6.07 Å². The molecular weight excluding hydrogens is 382 g/mol. The van der Waals surface area contributed by atoms with Gasteiger partial charge in [0.15, 0.2) is 16.6 Å². The summed E-state index contributed by atoms with van der Waals surface area (Å²) in [6.45, 7) is 7.47. The van der Waals surface area contributed by atoms with Gasteiger partial charge in [-0.15, -0.1) is 0 Å². The molecule has 2 aromatic rings. The maximum Gasteiger partial charge on any atom is 0.231 e. The minimum atomic E-state index is 0.296. The van der Waals surface area contributed by atoms with E-state index in [1.165, 1.54) is 16.7 Å². The van der Waals surface area contributed by atoms with Crippen LogP contribution in [0.25, 0.3) is 0 Å². The number of piperidine rings is 1. The van der Waals surface area contributed by atoms with Crippen LogP contribution in [0.1, 0.15) is 29.5 Å². The van der Waals surface area contributed by atoms with Crippen molar-refractivity contribution in [1.82, 2.24) is 9.80 Å². The second kappa shape index (κ2) is 8.59. The number of rotatable bonds is 4. The van der Waals surface area contributed by atoms with Crippen molar-refractivity contribution in [2.24, 2.45) is 0 Å². The molecule has 1 saturated heterocycles. The zero-order chi connectivity index (χ0) is 20.4. The Morgan fingerprint density at radius 2 is 1.79 bits per heavy atom. The Morgan fingerprint density at radius 3 is 2.52 bits per heavy atom. The molecule has 6 heteroatoms. The van der Waals surface area contributed by atoms with E-state index in [0.29, 0.717) is 12.8 Å². The van der Waals surface area contributed by atoms with Crippen molar-refractivity contribution in [2.45, 2.75) is 39.3 Å². The highest BCUT2D eigenvalue weighted by molar-refractivity contribution is 7.80. The van der Waals surface area contributed by atoms with Crippen LogP contribution in [0.4, 0.5) is 5.69 Å². The Bertz CT molecular complexity index is 873. The highest BCUT2D eigenvalue weighted by Gasteiger charge is 2.26. The minimum absolute atomic E-state index is 0.296. The highest BCUT2D eigenvalue weighted by atomic mass is 32.1. The molecule has 1 fully saturated rings. The highest BCUT2D eigenvalue weighted by Crippen LogP contribution is 2.33. The van der Waals surface area contributed by atoms with Crippen LogP contribution < -0.4 is 14.8 Å². The van der Waals surface area contributed by atoms with Crippen LogP contribution in [-0.4, -0.2) is 47.9 Å². The van der Waals surface area contributed by atoms with Gasteiger partial charge in [-0.05, 0) is 87.9 Å². The Kier molecular flexibility index (Phi) is 5.92. The Morgan fingerprint density at radius 1 is 1.10 bits per heavy atom. The molecule has 0 spiro atoms. The predicted octanol–water partition coefficient (Wildman–Crippen LogP) is 4.33. The predicted molar refractivity (Wildman–Crippen MR) is 121 cm³/mol. The number of likely N-dealkylation sites (tertiary alicyclic amines) is 1. The number of fused-ring (bicyclic) bond motifs is 1. The molecule has 2 aromatic carbocycles. The van der Waals surface area contributed by atoms with Gasteiger partial charge in [0.2, 0.25) is 6.79 Å². The molecule has 29 heavy (non-hydrogen) atoms. The summed E-state index contributed by atoms with van der Waals surface area (Å²) in [5.74, 6) is 1.63. The number of anilines is 1. The molecule has 2 aliphatic heterocycles. The second-order valence-corrected chi connectivity index (χ2v) is 8.43. The molecule has 0 aliphatic carbocycles. The van der Waals surface area contributed by atoms with E-state index >= 15 is 0 Å². The van der Waals surface area contributed by atoms with E-state index in [0.717, 1.165) is 54.8 Å². The first-order chi connectivity index (χ1) is 14.0. The number of hydrogen-bond acceptors (Lipinski definition) is 4. The summed E-state index contributed by atoms with van der Waals surface area (Å²) in [5, 5.41) is 4.33. The van der Waals surface area contributed by atoms with Crippen molar-refractivity contribution in [1.29, 1.82) is 0 Å². The molecule has 1 N–H and O–H groups in total. The summed E-state index contributed by atoms with van der Waals surface area (Å²) < 4.78 is 11.0. The summed E-state index contributed by atoms with van der Waals surface area (Å²) in [4.78, 5) is 4.74. The van der Waals surface area contributed by atoms with Gasteiger partial charge in [0.05, 0.1) is 0 Å². The van der Waals surface area contributed by atoms with Crippen LogP contribution in [0.2, 0.25) is 0 Å². The number of thiocarbonyl (C=S) groups is 1. The van der Waals surface area contributed by atoms with Gasteiger partial charge in [-0.2, -0.15) is 0 Å². The molecule has 0 radical (unpaired) electrons. The van der Waals surface area contributed by atoms with E-state index in [1.54, 1.807) is 0 Å². The molecule has 154 valence electrons. The lowest BCUT2D eigenvalue weighted by molar-refractivity contribution is 0.172. The van der Waals surface area contributed by atoms with Crippen LogP contribution in [0.5, 0.6) is 11.5 Å². The third-order valence-electron chi connectivity index (χ3n) is 5.89. The van der Waals surface area contributed by atoms with Crippen molar-refractivity contribution in [3.05, 3.63) is 53.1 Å². The standard InChI is InChI=1S/C23H29N3O2S/c1-16-5-4-6-17(2)22(16)24-23(29)26(19-9-11-25(3)12-10-19)14-18-7-8-20-21(13-18)28-15-27-20/h4-8,13,19H,9-12,14-15H2,1-3H3,(H,24,29). The third-order valence-corrected chi connectivity index (χ3v) is 6.23. The Labute approximate surface area is 178 Å². The smallest absolute Gasteiger partial charge is 0.231 e. The summed E-state index contributed by atoms with van der Waals surface area (Å²) in [5.41, 5.74) is 4.71. The first-order valence-corrected chi connectivity index (χ1v) is 10.6. The van der Waals surface area contributed by atoms with Gasteiger partial charge < -0.3 is 24.6 Å². The van der Waals surface area contributed by atoms with Gasteiger partial charge in [-0.25, -0.2) is 0 Å². The largest absolute Gasteiger partial charge is 0.454 e. The summed E-state index contributed by atoms with van der Waals surface area (Å²) in [6.07, 6.45) is 2.21. The Hall–Kier alpha value is -2.31. The normalized spacial score (nSPS) is 16.7. The summed E-state index contributed by atoms with van der Waals surface area (Å²) >= 11 is 5.93. The molecule has 0 bridgehead atoms. The topological polar surface area (TPSA) is 37.0 Å². The lowest BCUT2D eigenvalue weighted by Crippen LogP contribution is -2.47. The van der Waals surface area contributed by atoms with Crippen molar-refractivity contribution in [3.63, 3.8) is 0 Å². The molecule has 0 saturated carbocycles. The van der Waals surface area contributed by atoms with Gasteiger partial charge in [0.1, 0.15) is 0 Å². The van der Waals surface area contributed by atoms with Crippen molar-refractivity contribution >= 4 is 23.0 Å². The molecule has 5 nitrogen and oxygen atoms in total. The lowest BCUT2D eigenvalue weighted by atomic mass is 10.0. The van der Waals surface area contributed by atoms with Gasteiger partial charge in [-0.1, -0.05) is 24.3 Å². The van der Waals surface area contributed by atoms with Crippen LogP contribution >= 0.6 is 12.2 Å². The fraction of sp³-hybridized carbons (Fsp3) is 0.435. The molecule has 0 amide bonds. The molecule has 4 rings (SSSR count). The monoisotopic (exact) mass is 411 g/mol. The number of aryl methyl sites for hydroxylation is 2. The fourth-order valence-corrected chi connectivity index (χ4v) is 4.42. The first kappa shape index (κ1) is 20.0. The lowest BCUT2D eigenvalue weighted by Gasteiger charge is -2.39. The number of ether oxygens (including phenoxy) is 2.